The molecule has 6 rings (SSSR count). The van der Waals surface area contributed by atoms with Crippen LogP contribution in [-0.2, 0) is 12.8 Å². The van der Waals surface area contributed by atoms with Crippen LogP contribution in [-0.4, -0.2) is 58.0 Å². The highest BCUT2D eigenvalue weighted by Crippen LogP contribution is 2.51. The Morgan fingerprint density at radius 1 is 0.738 bits per heavy atom. The Labute approximate surface area is 372 Å². The van der Waals surface area contributed by atoms with Crippen LogP contribution < -0.4 is 5.46 Å². The van der Waals surface area contributed by atoms with Gasteiger partial charge in [0.1, 0.15) is 23.0 Å². The molecule has 4 atom stereocenters. The van der Waals surface area contributed by atoms with Gasteiger partial charge in [-0.05, 0) is 130 Å². The first-order chi connectivity index (χ1) is 28.6. The molecule has 0 aliphatic heterocycles. The number of aromatic nitrogens is 4. The van der Waals surface area contributed by atoms with Crippen LogP contribution in [0.4, 0.5) is 0 Å². The van der Waals surface area contributed by atoms with Crippen molar-refractivity contribution in [2.45, 2.75) is 138 Å². The Morgan fingerprint density at radius 3 is 1.64 bits per heavy atom. The molecule has 0 fully saturated rings. The first kappa shape index (κ1) is 50.8. The largest absolute Gasteiger partial charge is 0.507 e. The fraction of sp³-hybridized carbons (Fsp3) is 0.469. The van der Waals surface area contributed by atoms with E-state index in [1.165, 1.54) is 23.5 Å². The molecule has 0 spiro atoms. The molecular formula is C49H70BBrN4O6. The molecule has 12 heteroatoms. The van der Waals surface area contributed by atoms with Crippen molar-refractivity contribution in [1.82, 2.24) is 20.4 Å². The Morgan fingerprint density at radius 2 is 1.21 bits per heavy atom. The van der Waals surface area contributed by atoms with E-state index >= 15 is 0 Å². The summed E-state index contributed by atoms with van der Waals surface area (Å²) < 4.78 is 0.725. The van der Waals surface area contributed by atoms with E-state index in [1.54, 1.807) is 12.4 Å². The van der Waals surface area contributed by atoms with Gasteiger partial charge in [-0.25, -0.2) is 0 Å². The lowest BCUT2D eigenvalue weighted by molar-refractivity contribution is 0.404. The van der Waals surface area contributed by atoms with Crippen molar-refractivity contribution >= 4 is 28.5 Å². The summed E-state index contributed by atoms with van der Waals surface area (Å²) in [5.74, 6) is 1.12. The number of phenols is 4. The fourth-order valence-electron chi connectivity index (χ4n) is 8.51. The van der Waals surface area contributed by atoms with Crippen LogP contribution in [0.5, 0.6) is 23.0 Å². The van der Waals surface area contributed by atoms with Crippen LogP contribution in [0.2, 0.25) is 0 Å². The number of aromatic amines is 2. The van der Waals surface area contributed by atoms with E-state index in [4.69, 9.17) is 10.0 Å². The van der Waals surface area contributed by atoms with Gasteiger partial charge in [-0.1, -0.05) is 94.6 Å². The van der Waals surface area contributed by atoms with Crippen molar-refractivity contribution in [3.63, 3.8) is 0 Å². The maximum absolute atomic E-state index is 11.4. The van der Waals surface area contributed by atoms with Crippen LogP contribution in [0.15, 0.2) is 89.0 Å². The third kappa shape index (κ3) is 13.2. The Kier molecular flexibility index (Phi) is 20.2. The lowest BCUT2D eigenvalue weighted by Gasteiger charge is -2.32. The molecule has 0 saturated heterocycles. The summed E-state index contributed by atoms with van der Waals surface area (Å²) in [6, 6.07) is 3.67. The van der Waals surface area contributed by atoms with Crippen molar-refractivity contribution in [2.24, 2.45) is 11.8 Å². The number of H-pyrrole nitrogens is 2. The van der Waals surface area contributed by atoms with Crippen LogP contribution in [0.3, 0.4) is 0 Å². The molecule has 2 aliphatic rings. The number of hydrogen-bond acceptors (Lipinski definition) is 8. The van der Waals surface area contributed by atoms with E-state index in [1.807, 2.05) is 26.0 Å². The average Bonchev–Trinajstić information content (AvgIpc) is 3.94. The number of rotatable bonds is 14. The van der Waals surface area contributed by atoms with E-state index in [-0.39, 0.29) is 54.1 Å². The van der Waals surface area contributed by atoms with Crippen LogP contribution in [0, 0.1) is 11.8 Å². The number of unbranched alkanes of at least 4 members (excludes halogenated alkanes) is 4. The number of hydrogen-bond donors (Lipinski definition) is 8. The van der Waals surface area contributed by atoms with Crippen LogP contribution in [0.1, 0.15) is 147 Å². The second-order valence-electron chi connectivity index (χ2n) is 16.7. The normalized spacial score (nSPS) is 18.3. The minimum absolute atomic E-state index is 0. The predicted molar refractivity (Wildman–Crippen MR) is 254 cm³/mol. The lowest BCUT2D eigenvalue weighted by atomic mass is 9.73. The molecule has 2 heterocycles. The molecule has 10 nitrogen and oxygen atoms in total. The molecule has 0 unspecified atom stereocenters. The number of aryl methyl sites for hydroxylation is 2. The van der Waals surface area contributed by atoms with E-state index < -0.39 is 7.12 Å². The van der Waals surface area contributed by atoms with Gasteiger partial charge in [0.2, 0.25) is 0 Å². The maximum atomic E-state index is 11.4. The summed E-state index contributed by atoms with van der Waals surface area (Å²) in [6.07, 6.45) is 23.1. The highest BCUT2D eigenvalue weighted by atomic mass is 79.9. The summed E-state index contributed by atoms with van der Waals surface area (Å²) in [7, 11) is -1.41. The van der Waals surface area contributed by atoms with Gasteiger partial charge in [0.05, 0.1) is 10.7 Å². The van der Waals surface area contributed by atoms with Crippen molar-refractivity contribution in [1.29, 1.82) is 0 Å². The minimum atomic E-state index is -1.41. The lowest BCUT2D eigenvalue weighted by Crippen LogP contribution is -2.28. The van der Waals surface area contributed by atoms with Gasteiger partial charge >= 0.3 is 7.12 Å². The summed E-state index contributed by atoms with van der Waals surface area (Å²) in [5.41, 5.74) is 10.00. The Hall–Kier alpha value is -4.52. The zero-order valence-electron chi connectivity index (χ0n) is 36.4. The van der Waals surface area contributed by atoms with Crippen molar-refractivity contribution in [3.05, 3.63) is 111 Å². The summed E-state index contributed by atoms with van der Waals surface area (Å²) in [6.45, 7) is 20.9. The third-order valence-corrected chi connectivity index (χ3v) is 12.7. The molecule has 0 amide bonds. The van der Waals surface area contributed by atoms with Gasteiger partial charge in [-0.15, -0.1) is 0 Å². The smallest absolute Gasteiger partial charge is 0.491 e. The molecule has 0 bridgehead atoms. The number of aromatic hydroxyl groups is 4. The Balaban J connectivity index is 0.000000273. The van der Waals surface area contributed by atoms with E-state index in [9.17, 15) is 20.4 Å². The number of nitrogens with one attached hydrogen (secondary N) is 2. The standard InChI is InChI=1S/C24H32N2O2.C21H29BrO2.C3H5BN2O2.CH4/c1-5-6-7-8-17-12-21(27)23(24(28)22(17)18-13-25-26-14-18)20-11-16(4)9-10-19(20)15(2)3;1-5-6-7-8-15-12-18(23)19(21(24)20(15)22)17-11-14(4)9-10-16(17)13(2)3;7-4(8)3-1-5-6-2-3;/h11-14,19-20,27-28H,2,5-10H2,1,3-4H3,(H,25,26);11-12,16-17,23-24H,2,5-10H2,1,3-4H3;1-2,7-8H,(H,5,6);1H4/t19-,20+;16-,17+;;/m00../s1. The molecule has 2 aliphatic carbocycles. The number of halogens is 1. The number of benzene rings is 2. The van der Waals surface area contributed by atoms with Crippen LogP contribution in [0.25, 0.3) is 11.1 Å². The van der Waals surface area contributed by atoms with Crippen molar-refractivity contribution in [2.75, 3.05) is 0 Å². The van der Waals surface area contributed by atoms with Gasteiger partial charge in [0.25, 0.3) is 0 Å². The molecule has 332 valence electrons. The average molecular weight is 902 g/mol. The van der Waals surface area contributed by atoms with Crippen molar-refractivity contribution < 1.29 is 30.5 Å². The predicted octanol–water partition coefficient (Wildman–Crippen LogP) is 11.6. The Bertz CT molecular complexity index is 2090. The van der Waals surface area contributed by atoms with E-state index in [2.05, 4.69) is 89.3 Å². The number of phenolic OH excluding ortho intramolecular Hbond substituents is 4. The summed E-state index contributed by atoms with van der Waals surface area (Å²) >= 11 is 3.55. The van der Waals surface area contributed by atoms with E-state index in [0.717, 1.165) is 115 Å². The molecule has 0 radical (unpaired) electrons. The molecule has 8 N–H and O–H groups in total. The quantitative estimate of drug-likeness (QED) is 0.0350. The molecule has 0 saturated carbocycles. The van der Waals surface area contributed by atoms with Gasteiger partial charge in [-0.2, -0.15) is 10.2 Å². The topological polar surface area (TPSA) is 179 Å². The first-order valence-electron chi connectivity index (χ1n) is 21.4. The summed E-state index contributed by atoms with van der Waals surface area (Å²) in [4.78, 5) is 0. The van der Waals surface area contributed by atoms with Gasteiger partial charge < -0.3 is 30.5 Å². The van der Waals surface area contributed by atoms with Gasteiger partial charge in [-0.3, -0.25) is 10.2 Å². The third-order valence-electron chi connectivity index (χ3n) is 11.9. The molecule has 4 aromatic rings. The zero-order valence-corrected chi connectivity index (χ0v) is 37.9. The minimum Gasteiger partial charge on any atom is -0.507 e. The first-order valence-corrected chi connectivity index (χ1v) is 22.2. The van der Waals surface area contributed by atoms with Crippen molar-refractivity contribution in [3.8, 4) is 34.1 Å². The molecule has 2 aromatic carbocycles. The maximum Gasteiger partial charge on any atom is 0.491 e. The van der Waals surface area contributed by atoms with Gasteiger partial charge in [0.15, 0.2) is 0 Å². The van der Waals surface area contributed by atoms with Gasteiger partial charge in [0, 0.05) is 58.1 Å². The number of allylic oxidation sites excluding steroid dienone is 6. The second kappa shape index (κ2) is 24.2. The summed E-state index contributed by atoms with van der Waals surface area (Å²) in [5, 5.41) is 73.4. The molecule has 61 heavy (non-hydrogen) atoms. The zero-order chi connectivity index (χ0) is 44.1. The fourth-order valence-corrected chi connectivity index (χ4v) is 9.04. The monoisotopic (exact) mass is 900 g/mol. The molecular weight excluding hydrogens is 831 g/mol. The van der Waals surface area contributed by atoms with E-state index in [0.29, 0.717) is 16.6 Å². The second-order valence-corrected chi connectivity index (χ2v) is 17.5. The van der Waals surface area contributed by atoms with Crippen LogP contribution >= 0.6 is 15.9 Å². The highest BCUT2D eigenvalue weighted by molar-refractivity contribution is 9.10. The number of nitrogens with zero attached hydrogens (tertiary/aromatic N) is 2. The molecule has 2 aromatic heterocycles. The highest BCUT2D eigenvalue weighted by Gasteiger charge is 2.33. The SMILES string of the molecule is C.C=C(C)[C@@H]1CCC(C)=C[C@H]1c1c(O)cc(CCCCC)c(-c2cn[nH]c2)c1O.C=C(C)[C@@H]1CCC(C)=C[C@H]1c1c(O)cc(CCCCC)c(Br)c1O.OB(O)c1cn[nH]c1.